The highest BCUT2D eigenvalue weighted by atomic mass is 32.2. The molecule has 0 spiro atoms. The van der Waals surface area contributed by atoms with Crippen LogP contribution in [0.2, 0.25) is 0 Å². The largest absolute Gasteiger partial charge is 0.511 e. The normalized spacial score (nSPS) is 17.3. The van der Waals surface area contributed by atoms with Gasteiger partial charge in [-0.1, -0.05) is 5.16 Å². The van der Waals surface area contributed by atoms with Crippen molar-refractivity contribution in [1.29, 1.82) is 0 Å². The van der Waals surface area contributed by atoms with Crippen LogP contribution in [-0.4, -0.2) is 98.3 Å². The van der Waals surface area contributed by atoms with Gasteiger partial charge in [0.15, 0.2) is 10.8 Å². The molecule has 2 aliphatic rings. The quantitative estimate of drug-likeness (QED) is 0.0511. The topological polar surface area (TPSA) is 267 Å². The number of anilines is 3. The number of rotatable bonds is 12. The first-order valence-corrected chi connectivity index (χ1v) is 19.3. The Morgan fingerprint density at radius 3 is 2.06 bits per heavy atom. The number of nitrogen functional groups attached to an aromatic ring is 3. The molecular formula is C33H39N7O11S3. The molecular weight excluding hydrogens is 767 g/mol. The van der Waals surface area contributed by atoms with Crippen molar-refractivity contribution in [3.8, 4) is 0 Å². The molecule has 0 saturated carbocycles. The Morgan fingerprint density at radius 2 is 1.56 bits per heavy atom. The Morgan fingerprint density at radius 1 is 0.963 bits per heavy atom. The predicted octanol–water partition coefficient (Wildman–Crippen LogP) is 2.51. The summed E-state index contributed by atoms with van der Waals surface area (Å²) in [7, 11) is -0.769. The van der Waals surface area contributed by atoms with E-state index in [2.05, 4.69) is 15.5 Å². The molecule has 0 radical (unpaired) electrons. The van der Waals surface area contributed by atoms with Crippen molar-refractivity contribution < 1.29 is 51.4 Å². The van der Waals surface area contributed by atoms with Gasteiger partial charge in [-0.2, -0.15) is 0 Å². The number of oxime groups is 1. The molecule has 1 unspecified atom stereocenters. The second-order valence-corrected chi connectivity index (χ2v) is 15.5. The van der Waals surface area contributed by atoms with Gasteiger partial charge in [-0.3, -0.25) is 14.5 Å². The molecule has 1 fully saturated rings. The lowest BCUT2D eigenvalue weighted by Crippen LogP contribution is -2.71. The molecule has 21 heteroatoms. The number of amides is 2. The molecule has 0 bridgehead atoms. The number of thioether (sulfide) groups is 1. The first kappa shape index (κ1) is 41.4. The number of hydrogen-bond acceptors (Lipinski definition) is 18. The highest BCUT2D eigenvalue weighted by Gasteiger charge is 2.55. The zero-order valence-electron chi connectivity index (χ0n) is 29.7. The van der Waals surface area contributed by atoms with Crippen LogP contribution in [0.25, 0.3) is 0 Å². The summed E-state index contributed by atoms with van der Waals surface area (Å²) in [6.07, 6.45) is -2.71. The summed E-state index contributed by atoms with van der Waals surface area (Å²) in [6.45, 7) is 4.68. The van der Waals surface area contributed by atoms with Crippen LogP contribution in [0.1, 0.15) is 26.5 Å². The number of ether oxygens (including phenoxy) is 4. The van der Waals surface area contributed by atoms with Gasteiger partial charge in [0.25, 0.3) is 11.8 Å². The summed E-state index contributed by atoms with van der Waals surface area (Å²) in [5, 5.41) is 7.49. The third kappa shape index (κ3) is 9.98. The number of nitrogens with two attached hydrogens (primary N) is 3. The van der Waals surface area contributed by atoms with E-state index in [1.165, 1.54) is 67.5 Å². The number of nitrogens with zero attached hydrogens (tertiary/aromatic N) is 3. The summed E-state index contributed by atoms with van der Waals surface area (Å²) in [5.74, 6) is -1.81. The maximum absolute atomic E-state index is 13.1. The Kier molecular flexibility index (Phi) is 13.9. The van der Waals surface area contributed by atoms with Crippen molar-refractivity contribution in [2.24, 2.45) is 5.16 Å². The van der Waals surface area contributed by atoms with E-state index in [4.69, 9.17) is 41.0 Å². The van der Waals surface area contributed by atoms with Gasteiger partial charge >= 0.3 is 12.1 Å². The van der Waals surface area contributed by atoms with Gasteiger partial charge in [-0.05, 0) is 68.0 Å². The van der Waals surface area contributed by atoms with Crippen molar-refractivity contribution in [3.63, 3.8) is 0 Å². The van der Waals surface area contributed by atoms with Gasteiger partial charge in [-0.25, -0.2) is 23.0 Å². The Labute approximate surface area is 318 Å². The van der Waals surface area contributed by atoms with Gasteiger partial charge in [0.1, 0.15) is 29.9 Å². The minimum atomic E-state index is -3.48. The second kappa shape index (κ2) is 18.1. The smallest absolute Gasteiger partial charge is 0.431 e. The van der Waals surface area contributed by atoms with E-state index in [1.54, 1.807) is 38.1 Å². The molecule has 18 nitrogen and oxygen atoms in total. The highest BCUT2D eigenvalue weighted by molar-refractivity contribution is 8.00. The van der Waals surface area contributed by atoms with E-state index >= 15 is 0 Å². The number of aromatic nitrogens is 1. The molecule has 54 heavy (non-hydrogen) atoms. The molecule has 7 N–H and O–H groups in total. The fraction of sp³-hybridized carbons (Fsp3) is 0.333. The number of hydrogen-bond donors (Lipinski definition) is 4. The van der Waals surface area contributed by atoms with Gasteiger partial charge in [0, 0.05) is 36.5 Å². The maximum Gasteiger partial charge on any atom is 0.511 e. The summed E-state index contributed by atoms with van der Waals surface area (Å²) in [5.41, 5.74) is 18.2. The zero-order valence-corrected chi connectivity index (χ0v) is 32.2. The predicted molar refractivity (Wildman–Crippen MR) is 199 cm³/mol. The summed E-state index contributed by atoms with van der Waals surface area (Å²) < 4.78 is 44.6. The van der Waals surface area contributed by atoms with Gasteiger partial charge in [0.2, 0.25) is 16.1 Å². The minimum absolute atomic E-state index is 0.0353. The molecule has 2 amide bonds. The molecule has 2 aromatic carbocycles. The van der Waals surface area contributed by atoms with Crippen molar-refractivity contribution in [2.45, 2.75) is 54.4 Å². The van der Waals surface area contributed by atoms with Crippen molar-refractivity contribution in [3.05, 3.63) is 70.9 Å². The summed E-state index contributed by atoms with van der Waals surface area (Å²) in [6, 6.07) is 11.2. The van der Waals surface area contributed by atoms with E-state index in [9.17, 15) is 27.6 Å². The van der Waals surface area contributed by atoms with Crippen LogP contribution >= 0.6 is 23.1 Å². The fourth-order valence-corrected chi connectivity index (χ4v) is 8.01. The molecule has 0 aliphatic carbocycles. The first-order chi connectivity index (χ1) is 25.6. The van der Waals surface area contributed by atoms with Crippen LogP contribution in [0.5, 0.6) is 0 Å². The standard InChI is InChI=1S/C21H27N5O9S2.C12H12N2O2S/c1-9(2)33-21(30)35-10(3)34-19(29)15-11(6-31-4)7-36-18-14(17(28)26(15)18)24-16(27)13(25-32-5)12-8-37-20(22)23-12;13-9-1-5-11(6-2-9)17(15,16)12-7-3-10(14)4-8-12/h8-10,14,18H,6-7H2,1-5H3,(H2,22,23)(H,24,27);1-8H,13-14H2/b25-13-;/t10?,14-,18-;/m1./s1. The average Bonchev–Trinajstić information content (AvgIpc) is 3.55. The lowest BCUT2D eigenvalue weighted by atomic mass is 10.0. The lowest BCUT2D eigenvalue weighted by Gasteiger charge is -2.49. The Balaban J connectivity index is 0.000000317. The van der Waals surface area contributed by atoms with Crippen LogP contribution in [0, 0.1) is 0 Å². The number of β-lactam (4-membered cyclic amide) rings is 1. The summed E-state index contributed by atoms with van der Waals surface area (Å²) >= 11 is 2.45. The lowest BCUT2D eigenvalue weighted by molar-refractivity contribution is -0.169. The van der Waals surface area contributed by atoms with Crippen LogP contribution in [0.15, 0.2) is 80.1 Å². The summed E-state index contributed by atoms with van der Waals surface area (Å²) in [4.78, 5) is 61.2. The third-order valence-corrected chi connectivity index (χ3v) is 11.1. The van der Waals surface area contributed by atoms with Crippen LogP contribution in [0.3, 0.4) is 0 Å². The number of carbonyl (C=O) groups excluding carboxylic acids is 4. The molecule has 3 atom stereocenters. The van der Waals surface area contributed by atoms with E-state index in [0.29, 0.717) is 22.7 Å². The second-order valence-electron chi connectivity index (χ2n) is 11.6. The van der Waals surface area contributed by atoms with Gasteiger partial charge < -0.3 is 46.3 Å². The number of methoxy groups -OCH3 is 1. The minimum Gasteiger partial charge on any atom is -0.431 e. The SMILES string of the molecule is COCC1=C(C(=O)OC(C)OC(=O)OC(C)C)N2C(=O)[C@@H](NC(=O)/C(=N\OC)c3csc(N)n3)[C@H]2SC1.Nc1ccc(S(=O)(=O)c2ccc(N)cc2)cc1. The number of esters is 1. The number of nitrogens with one attached hydrogen (secondary N) is 1. The molecule has 2 aliphatic heterocycles. The molecule has 3 heterocycles. The van der Waals surface area contributed by atoms with E-state index in [0.717, 1.165) is 11.3 Å². The number of carbonyl (C=O) groups is 4. The van der Waals surface area contributed by atoms with Crippen LogP contribution in [-0.2, 0) is 48.0 Å². The highest BCUT2D eigenvalue weighted by Crippen LogP contribution is 2.41. The van der Waals surface area contributed by atoms with Crippen molar-refractivity contribution >= 4 is 79.1 Å². The monoisotopic (exact) mass is 805 g/mol. The molecule has 5 rings (SSSR count). The van der Waals surface area contributed by atoms with Crippen LogP contribution in [0.4, 0.5) is 21.3 Å². The number of sulfone groups is 1. The number of thiazole rings is 1. The Hall–Kier alpha value is -5.38. The van der Waals surface area contributed by atoms with Crippen molar-refractivity contribution in [2.75, 3.05) is 43.8 Å². The van der Waals surface area contributed by atoms with E-state index in [1.807, 2.05) is 0 Å². The number of fused-ring (bicyclic) bond motifs is 1. The first-order valence-electron chi connectivity index (χ1n) is 15.9. The fourth-order valence-electron chi connectivity index (χ4n) is 4.88. The maximum atomic E-state index is 13.1. The molecule has 290 valence electrons. The molecule has 1 aromatic heterocycles. The third-order valence-electron chi connectivity index (χ3n) is 7.26. The van der Waals surface area contributed by atoms with E-state index < -0.39 is 57.6 Å². The molecule has 3 aromatic rings. The van der Waals surface area contributed by atoms with Gasteiger partial charge in [-0.15, -0.1) is 23.1 Å². The molecule has 1 saturated heterocycles. The Bertz CT molecular complexity index is 1970. The zero-order chi connectivity index (χ0) is 39.7. The van der Waals surface area contributed by atoms with Crippen LogP contribution < -0.4 is 22.5 Å². The van der Waals surface area contributed by atoms with E-state index in [-0.39, 0.29) is 38.6 Å². The van der Waals surface area contributed by atoms with Gasteiger partial charge in [0.05, 0.1) is 22.5 Å². The van der Waals surface area contributed by atoms with Crippen molar-refractivity contribution in [1.82, 2.24) is 15.2 Å². The average molecular weight is 806 g/mol. The number of benzene rings is 2.